The number of hydrogen-bond donors (Lipinski definition) is 1. The molecule has 0 radical (unpaired) electrons. The molecule has 0 fully saturated rings. The van der Waals surface area contributed by atoms with Gasteiger partial charge in [0.25, 0.3) is 0 Å². The quantitative estimate of drug-likeness (QED) is 0.763. The molecule has 1 aromatic rings. The van der Waals surface area contributed by atoms with Gasteiger partial charge in [0.15, 0.2) is 0 Å². The highest BCUT2D eigenvalue weighted by molar-refractivity contribution is 5.50. The largest absolute Gasteiger partial charge is 0.493 e. The number of aliphatic hydroxyl groups excluding tert-OH is 1. The van der Waals surface area contributed by atoms with Crippen molar-refractivity contribution in [3.05, 3.63) is 23.3 Å². The van der Waals surface area contributed by atoms with Crippen LogP contribution in [0.25, 0.3) is 0 Å². The third-order valence-electron chi connectivity index (χ3n) is 2.77. The summed E-state index contributed by atoms with van der Waals surface area (Å²) in [7, 11) is 1.68. The molecule has 0 saturated heterocycles. The molecule has 0 unspecified atom stereocenters. The number of fused-ring (bicyclic) bond motifs is 1. The van der Waals surface area contributed by atoms with Crippen LogP contribution in [0.3, 0.4) is 0 Å². The van der Waals surface area contributed by atoms with E-state index in [1.165, 1.54) is 0 Å². The van der Waals surface area contributed by atoms with Crippen LogP contribution >= 0.6 is 0 Å². The lowest BCUT2D eigenvalue weighted by molar-refractivity contribution is 0.171. The standard InChI is InChI=1S/C13H18O4/c1-15-4-2-5-16-12-7-10(9-14)8-13-11(12)3-6-17-13/h7-8,14H,2-6,9H2,1H3. The van der Waals surface area contributed by atoms with E-state index < -0.39 is 0 Å². The Morgan fingerprint density at radius 3 is 3.00 bits per heavy atom. The SMILES string of the molecule is COCCCOc1cc(CO)cc2c1CCO2. The molecule has 1 N–H and O–H groups in total. The first kappa shape index (κ1) is 12.2. The molecule has 0 atom stereocenters. The second-order valence-electron chi connectivity index (χ2n) is 4.02. The van der Waals surface area contributed by atoms with Gasteiger partial charge in [0.1, 0.15) is 11.5 Å². The van der Waals surface area contributed by atoms with Gasteiger partial charge in [-0.2, -0.15) is 0 Å². The van der Waals surface area contributed by atoms with Crippen LogP contribution in [-0.4, -0.2) is 32.0 Å². The Morgan fingerprint density at radius 1 is 1.35 bits per heavy atom. The zero-order valence-corrected chi connectivity index (χ0v) is 10.1. The summed E-state index contributed by atoms with van der Waals surface area (Å²) in [6, 6.07) is 3.77. The molecule has 0 aliphatic carbocycles. The summed E-state index contributed by atoms with van der Waals surface area (Å²) in [5.41, 5.74) is 1.94. The molecule has 0 amide bonds. The van der Waals surface area contributed by atoms with Crippen molar-refractivity contribution in [2.24, 2.45) is 0 Å². The predicted octanol–water partition coefficient (Wildman–Crippen LogP) is 1.53. The van der Waals surface area contributed by atoms with Crippen LogP contribution in [0.4, 0.5) is 0 Å². The Bertz CT molecular complexity index is 376. The van der Waals surface area contributed by atoms with Crippen LogP contribution in [0, 0.1) is 0 Å². The van der Waals surface area contributed by atoms with Gasteiger partial charge in [-0.15, -0.1) is 0 Å². The highest BCUT2D eigenvalue weighted by Gasteiger charge is 2.18. The van der Waals surface area contributed by atoms with Crippen molar-refractivity contribution in [1.82, 2.24) is 0 Å². The number of benzene rings is 1. The van der Waals surface area contributed by atoms with E-state index >= 15 is 0 Å². The summed E-state index contributed by atoms with van der Waals surface area (Å²) in [5, 5.41) is 9.17. The maximum absolute atomic E-state index is 9.17. The fraction of sp³-hybridized carbons (Fsp3) is 0.538. The van der Waals surface area contributed by atoms with Gasteiger partial charge in [-0.1, -0.05) is 0 Å². The third kappa shape index (κ3) is 2.90. The summed E-state index contributed by atoms with van der Waals surface area (Å²) in [6.45, 7) is 2.01. The minimum Gasteiger partial charge on any atom is -0.493 e. The summed E-state index contributed by atoms with van der Waals surface area (Å²) >= 11 is 0. The highest BCUT2D eigenvalue weighted by Crippen LogP contribution is 2.35. The summed E-state index contributed by atoms with van der Waals surface area (Å²) in [5.74, 6) is 1.68. The van der Waals surface area contributed by atoms with E-state index in [-0.39, 0.29) is 6.61 Å². The van der Waals surface area contributed by atoms with Crippen LogP contribution in [0.2, 0.25) is 0 Å². The van der Waals surface area contributed by atoms with E-state index in [2.05, 4.69) is 0 Å². The van der Waals surface area contributed by atoms with E-state index in [1.807, 2.05) is 12.1 Å². The summed E-state index contributed by atoms with van der Waals surface area (Å²) < 4.78 is 16.2. The second-order valence-corrected chi connectivity index (χ2v) is 4.02. The molecule has 1 heterocycles. The molecule has 0 aromatic heterocycles. The molecule has 0 bridgehead atoms. The zero-order valence-electron chi connectivity index (χ0n) is 10.1. The second kappa shape index (κ2) is 5.89. The topological polar surface area (TPSA) is 47.9 Å². The van der Waals surface area contributed by atoms with Crippen LogP contribution in [0.15, 0.2) is 12.1 Å². The van der Waals surface area contributed by atoms with Gasteiger partial charge in [0.2, 0.25) is 0 Å². The van der Waals surface area contributed by atoms with Crippen LogP contribution in [0.1, 0.15) is 17.5 Å². The van der Waals surface area contributed by atoms with Gasteiger partial charge in [-0.05, 0) is 17.7 Å². The number of rotatable bonds is 6. The molecule has 1 aliphatic rings. The highest BCUT2D eigenvalue weighted by atomic mass is 16.5. The fourth-order valence-electron chi connectivity index (χ4n) is 1.92. The van der Waals surface area contributed by atoms with Gasteiger partial charge < -0.3 is 19.3 Å². The number of aliphatic hydroxyl groups is 1. The third-order valence-corrected chi connectivity index (χ3v) is 2.77. The molecule has 1 aromatic carbocycles. The maximum atomic E-state index is 9.17. The van der Waals surface area contributed by atoms with Crippen molar-refractivity contribution in [3.63, 3.8) is 0 Å². The lowest BCUT2D eigenvalue weighted by Crippen LogP contribution is -2.03. The van der Waals surface area contributed by atoms with Crippen molar-refractivity contribution < 1.29 is 19.3 Å². The molecule has 0 saturated carbocycles. The predicted molar refractivity (Wildman–Crippen MR) is 63.6 cm³/mol. The Morgan fingerprint density at radius 2 is 2.24 bits per heavy atom. The van der Waals surface area contributed by atoms with Crippen molar-refractivity contribution in [3.8, 4) is 11.5 Å². The van der Waals surface area contributed by atoms with Crippen molar-refractivity contribution >= 4 is 0 Å². The molecule has 4 nitrogen and oxygen atoms in total. The van der Waals surface area contributed by atoms with Gasteiger partial charge in [0, 0.05) is 32.1 Å². The van der Waals surface area contributed by atoms with Gasteiger partial charge in [-0.3, -0.25) is 0 Å². The van der Waals surface area contributed by atoms with Crippen LogP contribution in [-0.2, 0) is 17.8 Å². The Labute approximate surface area is 101 Å². The normalized spacial score (nSPS) is 13.3. The van der Waals surface area contributed by atoms with Crippen LogP contribution < -0.4 is 9.47 Å². The Balaban J connectivity index is 2.07. The molecular weight excluding hydrogens is 220 g/mol. The number of ether oxygens (including phenoxy) is 3. The van der Waals surface area contributed by atoms with Gasteiger partial charge in [-0.25, -0.2) is 0 Å². The molecule has 0 spiro atoms. The first-order chi connectivity index (χ1) is 8.35. The Hall–Kier alpha value is -1.26. The minimum absolute atomic E-state index is 0.00503. The molecular formula is C13H18O4. The number of hydrogen-bond acceptors (Lipinski definition) is 4. The smallest absolute Gasteiger partial charge is 0.126 e. The zero-order chi connectivity index (χ0) is 12.1. The van der Waals surface area contributed by atoms with E-state index in [4.69, 9.17) is 14.2 Å². The van der Waals surface area contributed by atoms with Gasteiger partial charge in [0.05, 0.1) is 19.8 Å². The summed E-state index contributed by atoms with van der Waals surface area (Å²) in [6.07, 6.45) is 1.73. The molecule has 4 heteroatoms. The molecule has 2 rings (SSSR count). The van der Waals surface area contributed by atoms with E-state index in [1.54, 1.807) is 7.11 Å². The Kier molecular flexibility index (Phi) is 4.23. The first-order valence-electron chi connectivity index (χ1n) is 5.86. The van der Waals surface area contributed by atoms with Gasteiger partial charge >= 0.3 is 0 Å². The molecule has 17 heavy (non-hydrogen) atoms. The minimum atomic E-state index is 0.00503. The molecule has 94 valence electrons. The lowest BCUT2D eigenvalue weighted by atomic mass is 10.1. The van der Waals surface area contributed by atoms with Crippen molar-refractivity contribution in [2.75, 3.05) is 26.9 Å². The molecule has 1 aliphatic heterocycles. The average molecular weight is 238 g/mol. The van der Waals surface area contributed by atoms with Crippen LogP contribution in [0.5, 0.6) is 11.5 Å². The monoisotopic (exact) mass is 238 g/mol. The average Bonchev–Trinajstić information content (AvgIpc) is 2.82. The summed E-state index contributed by atoms with van der Waals surface area (Å²) in [4.78, 5) is 0. The van der Waals surface area contributed by atoms with Crippen molar-refractivity contribution in [2.45, 2.75) is 19.4 Å². The van der Waals surface area contributed by atoms with E-state index in [9.17, 15) is 5.11 Å². The fourth-order valence-corrected chi connectivity index (χ4v) is 1.92. The van der Waals surface area contributed by atoms with Crippen molar-refractivity contribution in [1.29, 1.82) is 0 Å². The van der Waals surface area contributed by atoms with E-state index in [0.717, 1.165) is 35.5 Å². The van der Waals surface area contributed by atoms with E-state index in [0.29, 0.717) is 19.8 Å². The first-order valence-corrected chi connectivity index (χ1v) is 5.86. The maximum Gasteiger partial charge on any atom is 0.126 e. The number of methoxy groups -OCH3 is 1. The lowest BCUT2D eigenvalue weighted by Gasteiger charge is -2.11.